The molecule has 0 N–H and O–H groups in total. The van der Waals surface area contributed by atoms with Gasteiger partial charge in [-0.1, -0.05) is 64.1 Å². The molecule has 0 amide bonds. The molecule has 4 heteroatoms. The minimum atomic E-state index is -0.522. The number of rotatable bonds is 0. The van der Waals surface area contributed by atoms with Crippen LogP contribution in [0.25, 0.3) is 0 Å². The summed E-state index contributed by atoms with van der Waals surface area (Å²) in [6.45, 7) is 8.14. The highest BCUT2D eigenvalue weighted by molar-refractivity contribution is 5.88. The molecule has 0 unspecified atom stereocenters. The van der Waals surface area contributed by atoms with E-state index >= 15 is 0 Å². The second-order valence-corrected chi connectivity index (χ2v) is 9.59. The van der Waals surface area contributed by atoms with E-state index in [1.165, 1.54) is 0 Å². The van der Waals surface area contributed by atoms with Crippen LogP contribution in [-0.4, -0.2) is 18.4 Å². The molecular formula is C25H28O4. The average molecular weight is 392 g/mol. The van der Waals surface area contributed by atoms with E-state index in [0.717, 1.165) is 33.8 Å². The van der Waals surface area contributed by atoms with Crippen LogP contribution >= 0.6 is 0 Å². The molecule has 1 heterocycles. The summed E-state index contributed by atoms with van der Waals surface area (Å²) in [6, 6.07) is 11.9. The zero-order valence-corrected chi connectivity index (χ0v) is 17.6. The third-order valence-electron chi connectivity index (χ3n) is 6.21. The van der Waals surface area contributed by atoms with Crippen LogP contribution in [0.15, 0.2) is 36.4 Å². The second kappa shape index (κ2) is 7.01. The number of benzene rings is 2. The first-order valence-corrected chi connectivity index (χ1v) is 10.2. The van der Waals surface area contributed by atoms with Crippen molar-refractivity contribution in [2.75, 3.05) is 6.79 Å². The quantitative estimate of drug-likeness (QED) is 0.663. The molecule has 0 saturated carbocycles. The highest BCUT2D eigenvalue weighted by Gasteiger charge is 2.34. The van der Waals surface area contributed by atoms with Gasteiger partial charge in [-0.3, -0.25) is 9.59 Å². The minimum absolute atomic E-state index is 0.172. The zero-order chi connectivity index (χ0) is 20.8. The number of ether oxygens (including phenoxy) is 2. The first-order chi connectivity index (χ1) is 13.7. The third kappa shape index (κ3) is 3.81. The summed E-state index contributed by atoms with van der Waals surface area (Å²) in [5.41, 5.74) is 2.87. The normalized spacial score (nSPS) is 20.3. The van der Waals surface area contributed by atoms with Gasteiger partial charge in [0.15, 0.2) is 11.5 Å². The molecule has 29 heavy (non-hydrogen) atoms. The maximum Gasteiger partial charge on any atom is 0.231 e. The van der Waals surface area contributed by atoms with Crippen molar-refractivity contribution in [3.05, 3.63) is 58.7 Å². The highest BCUT2D eigenvalue weighted by Crippen LogP contribution is 2.43. The van der Waals surface area contributed by atoms with E-state index in [1.54, 1.807) is 0 Å². The van der Waals surface area contributed by atoms with Crippen molar-refractivity contribution in [1.82, 2.24) is 0 Å². The van der Waals surface area contributed by atoms with E-state index in [1.807, 2.05) is 64.1 Å². The predicted molar refractivity (Wildman–Crippen MR) is 111 cm³/mol. The monoisotopic (exact) mass is 392 g/mol. The molecule has 152 valence electrons. The summed E-state index contributed by atoms with van der Waals surface area (Å²) in [5, 5.41) is 0. The molecule has 0 aromatic heterocycles. The Hall–Kier alpha value is -2.62. The van der Waals surface area contributed by atoms with Gasteiger partial charge in [-0.25, -0.2) is 0 Å². The maximum atomic E-state index is 13.0. The number of Topliss-reactive ketones (excluding diaryl/α,β-unsaturated/α-hetero) is 2. The van der Waals surface area contributed by atoms with E-state index in [4.69, 9.17) is 9.47 Å². The van der Waals surface area contributed by atoms with Crippen molar-refractivity contribution >= 4 is 11.6 Å². The fourth-order valence-corrected chi connectivity index (χ4v) is 4.16. The van der Waals surface area contributed by atoms with Crippen molar-refractivity contribution in [3.8, 4) is 11.5 Å². The van der Waals surface area contributed by atoms with Crippen LogP contribution in [0.3, 0.4) is 0 Å². The first-order valence-electron chi connectivity index (χ1n) is 10.2. The van der Waals surface area contributed by atoms with Crippen molar-refractivity contribution < 1.29 is 19.1 Å². The van der Waals surface area contributed by atoms with Crippen LogP contribution in [0.2, 0.25) is 0 Å². The van der Waals surface area contributed by atoms with Gasteiger partial charge in [-0.2, -0.15) is 0 Å². The lowest BCUT2D eigenvalue weighted by molar-refractivity contribution is -0.127. The smallest absolute Gasteiger partial charge is 0.231 e. The summed E-state index contributed by atoms with van der Waals surface area (Å²) < 4.78 is 11.6. The zero-order valence-electron chi connectivity index (χ0n) is 17.6. The number of carbonyl (C=O) groups excluding carboxylic acids is 2. The molecule has 0 radical (unpaired) electrons. The predicted octanol–water partition coefficient (Wildman–Crippen LogP) is 4.49. The molecule has 0 spiro atoms. The van der Waals surface area contributed by atoms with Gasteiger partial charge in [0, 0.05) is 23.7 Å². The Morgan fingerprint density at radius 2 is 1.03 bits per heavy atom. The van der Waals surface area contributed by atoms with E-state index < -0.39 is 10.8 Å². The topological polar surface area (TPSA) is 52.6 Å². The first kappa shape index (κ1) is 19.7. The highest BCUT2D eigenvalue weighted by atomic mass is 16.7. The van der Waals surface area contributed by atoms with Crippen molar-refractivity contribution in [3.63, 3.8) is 0 Å². The van der Waals surface area contributed by atoms with Crippen LogP contribution in [0.5, 0.6) is 11.5 Å². The lowest BCUT2D eigenvalue weighted by atomic mass is 9.76. The van der Waals surface area contributed by atoms with Crippen LogP contribution < -0.4 is 9.47 Å². The Labute approximate surface area is 172 Å². The van der Waals surface area contributed by atoms with Crippen molar-refractivity contribution in [2.24, 2.45) is 10.8 Å². The van der Waals surface area contributed by atoms with Crippen LogP contribution in [0.4, 0.5) is 0 Å². The Morgan fingerprint density at radius 1 is 0.655 bits per heavy atom. The third-order valence-corrected chi connectivity index (χ3v) is 6.21. The average Bonchev–Trinajstić information content (AvgIpc) is 3.15. The summed E-state index contributed by atoms with van der Waals surface area (Å²) in [7, 11) is 0. The maximum absolute atomic E-state index is 13.0. The van der Waals surface area contributed by atoms with Gasteiger partial charge < -0.3 is 9.47 Å². The molecule has 4 bridgehead atoms. The molecule has 1 aliphatic heterocycles. The van der Waals surface area contributed by atoms with E-state index in [-0.39, 0.29) is 18.4 Å². The molecule has 2 aromatic carbocycles. The molecule has 4 aliphatic carbocycles. The van der Waals surface area contributed by atoms with Gasteiger partial charge in [-0.15, -0.1) is 0 Å². The van der Waals surface area contributed by atoms with Gasteiger partial charge in [0.1, 0.15) is 11.6 Å². The summed E-state index contributed by atoms with van der Waals surface area (Å²) in [6.07, 6.45) is 1.92. The van der Waals surface area contributed by atoms with Crippen molar-refractivity contribution in [2.45, 2.75) is 53.4 Å². The van der Waals surface area contributed by atoms with E-state index in [0.29, 0.717) is 25.7 Å². The SMILES string of the molecule is CC1(C)Cc2ccc(c3c2OCO3)CC(C)(C)C(=O)Cc2ccc(cc2)CC1=O. The van der Waals surface area contributed by atoms with E-state index in [2.05, 4.69) is 0 Å². The van der Waals surface area contributed by atoms with Gasteiger partial charge in [0.2, 0.25) is 6.79 Å². The van der Waals surface area contributed by atoms with Crippen molar-refractivity contribution in [1.29, 1.82) is 0 Å². The van der Waals surface area contributed by atoms with Crippen LogP contribution in [0.1, 0.15) is 49.9 Å². The molecule has 4 nitrogen and oxygen atoms in total. The van der Waals surface area contributed by atoms with Gasteiger partial charge in [0.25, 0.3) is 0 Å². The fraction of sp³-hybridized carbons (Fsp3) is 0.440. The van der Waals surface area contributed by atoms with Crippen LogP contribution in [0, 0.1) is 10.8 Å². The lowest BCUT2D eigenvalue weighted by Gasteiger charge is -2.26. The largest absolute Gasteiger partial charge is 0.453 e. The lowest BCUT2D eigenvalue weighted by Crippen LogP contribution is -2.29. The summed E-state index contributed by atoms with van der Waals surface area (Å²) in [5.74, 6) is 1.82. The van der Waals surface area contributed by atoms with Gasteiger partial charge in [0.05, 0.1) is 0 Å². The Kier molecular flexibility index (Phi) is 4.76. The summed E-state index contributed by atoms with van der Waals surface area (Å²) in [4.78, 5) is 26.1. The summed E-state index contributed by atoms with van der Waals surface area (Å²) >= 11 is 0. The molecule has 0 atom stereocenters. The molecule has 0 saturated heterocycles. The molecule has 2 aromatic rings. The number of carbonyl (C=O) groups is 2. The van der Waals surface area contributed by atoms with Gasteiger partial charge >= 0.3 is 0 Å². The fourth-order valence-electron chi connectivity index (χ4n) is 4.16. The Balaban J connectivity index is 1.80. The minimum Gasteiger partial charge on any atom is -0.453 e. The standard InChI is InChI=1S/C25H28O4/c1-24(2)13-18-9-10-19(23-22(18)28-15-29-23)14-25(3,4)21(27)12-17-7-5-16(6-8-17)11-20(24)26/h5-10H,11-15H2,1-4H3. The molecule has 0 fully saturated rings. The number of hydrogen-bond donors (Lipinski definition) is 0. The molecular weight excluding hydrogens is 364 g/mol. The van der Waals surface area contributed by atoms with Gasteiger partial charge in [-0.05, 0) is 35.1 Å². The van der Waals surface area contributed by atoms with Crippen LogP contribution in [-0.2, 0) is 35.3 Å². The molecule has 5 aliphatic rings. The Bertz CT molecular complexity index is 889. The number of hydrogen-bond acceptors (Lipinski definition) is 4. The number of ketones is 2. The second-order valence-electron chi connectivity index (χ2n) is 9.59. The molecule has 7 rings (SSSR count). The Morgan fingerprint density at radius 3 is 1.41 bits per heavy atom. The van der Waals surface area contributed by atoms with E-state index in [9.17, 15) is 9.59 Å².